The first-order valence-electron chi connectivity index (χ1n) is 7.75. The summed E-state index contributed by atoms with van der Waals surface area (Å²) < 4.78 is 10.5. The summed E-state index contributed by atoms with van der Waals surface area (Å²) in [6.45, 7) is 7.37. The number of carbonyl (C=O) groups is 2. The normalized spacial score (nSPS) is 12.2. The quantitative estimate of drug-likeness (QED) is 0.290. The largest absolute Gasteiger partial charge is 0.459 e. The Morgan fingerprint density at radius 3 is 2.40 bits per heavy atom. The van der Waals surface area contributed by atoms with Crippen LogP contribution >= 0.6 is 23.2 Å². The van der Waals surface area contributed by atoms with Gasteiger partial charge in [-0.05, 0) is 31.5 Å². The fraction of sp³-hybridized carbons (Fsp3) is 0.444. The number of methoxy groups -OCH3 is 1. The van der Waals surface area contributed by atoms with Crippen molar-refractivity contribution in [3.05, 3.63) is 45.6 Å². The Labute approximate surface area is 158 Å². The SMILES string of the molecule is COC(C)(C)O/C(C=O)=C\C(=O)N(Cc1ccc(Cl)c(Cl)c1)C(C)C. The van der Waals surface area contributed by atoms with E-state index in [-0.39, 0.29) is 17.7 Å². The first kappa shape index (κ1) is 21.5. The molecule has 0 saturated heterocycles. The van der Waals surface area contributed by atoms with Crippen molar-refractivity contribution >= 4 is 35.4 Å². The molecule has 0 heterocycles. The van der Waals surface area contributed by atoms with E-state index in [4.69, 9.17) is 32.7 Å². The summed E-state index contributed by atoms with van der Waals surface area (Å²) in [5, 5.41) is 0.871. The number of carbonyl (C=O) groups excluding carboxylic acids is 2. The zero-order valence-electron chi connectivity index (χ0n) is 15.0. The molecule has 0 bridgehead atoms. The lowest BCUT2D eigenvalue weighted by Gasteiger charge is -2.27. The van der Waals surface area contributed by atoms with Crippen LogP contribution in [0.1, 0.15) is 33.3 Å². The highest BCUT2D eigenvalue weighted by molar-refractivity contribution is 6.42. The molecule has 0 aliphatic carbocycles. The molecule has 0 unspecified atom stereocenters. The minimum Gasteiger partial charge on any atom is -0.459 e. The van der Waals surface area contributed by atoms with Crippen molar-refractivity contribution < 1.29 is 19.1 Å². The zero-order valence-corrected chi connectivity index (χ0v) is 16.5. The van der Waals surface area contributed by atoms with E-state index >= 15 is 0 Å². The van der Waals surface area contributed by atoms with Gasteiger partial charge in [-0.3, -0.25) is 9.59 Å². The van der Waals surface area contributed by atoms with Gasteiger partial charge in [-0.2, -0.15) is 0 Å². The predicted molar refractivity (Wildman–Crippen MR) is 98.5 cm³/mol. The Morgan fingerprint density at radius 2 is 1.92 bits per heavy atom. The van der Waals surface area contributed by atoms with Crippen LogP contribution in [0.25, 0.3) is 0 Å². The smallest absolute Gasteiger partial charge is 0.250 e. The molecule has 0 radical (unpaired) electrons. The van der Waals surface area contributed by atoms with Gasteiger partial charge in [0, 0.05) is 39.6 Å². The Balaban J connectivity index is 3.00. The molecule has 1 rings (SSSR count). The summed E-state index contributed by atoms with van der Waals surface area (Å²) in [6.07, 6.45) is 1.64. The average molecular weight is 388 g/mol. The molecule has 5 nitrogen and oxygen atoms in total. The van der Waals surface area contributed by atoms with E-state index in [1.165, 1.54) is 7.11 Å². The van der Waals surface area contributed by atoms with Crippen LogP contribution in [0.2, 0.25) is 10.0 Å². The number of amides is 1. The summed E-state index contributed by atoms with van der Waals surface area (Å²) in [6, 6.07) is 5.09. The third kappa shape index (κ3) is 6.69. The Morgan fingerprint density at radius 1 is 1.28 bits per heavy atom. The third-order valence-corrected chi connectivity index (χ3v) is 4.22. The standard InChI is InChI=1S/C18H23Cl2NO4/c1-12(2)21(10-13-6-7-15(19)16(20)8-13)17(23)9-14(11-22)25-18(3,4)24-5/h6-9,11-12H,10H2,1-5H3/b14-9-. The molecule has 25 heavy (non-hydrogen) atoms. The van der Waals surface area contributed by atoms with Crippen LogP contribution < -0.4 is 0 Å². The molecule has 1 amide bonds. The van der Waals surface area contributed by atoms with Gasteiger partial charge in [0.05, 0.1) is 10.0 Å². The van der Waals surface area contributed by atoms with Gasteiger partial charge >= 0.3 is 0 Å². The number of benzene rings is 1. The monoisotopic (exact) mass is 387 g/mol. The molecule has 7 heteroatoms. The highest BCUT2D eigenvalue weighted by Crippen LogP contribution is 2.24. The van der Waals surface area contributed by atoms with E-state index in [9.17, 15) is 9.59 Å². The predicted octanol–water partition coefficient (Wildman–Crippen LogP) is 4.21. The Hall–Kier alpha value is -1.56. The summed E-state index contributed by atoms with van der Waals surface area (Å²) in [7, 11) is 1.45. The Kier molecular flexibility index (Phi) is 7.93. The number of nitrogens with zero attached hydrogens (tertiary/aromatic N) is 1. The first-order chi connectivity index (χ1) is 11.6. The van der Waals surface area contributed by atoms with Gasteiger partial charge in [0.1, 0.15) is 0 Å². The zero-order chi connectivity index (χ0) is 19.2. The van der Waals surface area contributed by atoms with Crippen molar-refractivity contribution in [3.63, 3.8) is 0 Å². The van der Waals surface area contributed by atoms with E-state index in [0.29, 0.717) is 22.9 Å². The molecular formula is C18H23Cl2NO4. The van der Waals surface area contributed by atoms with E-state index in [2.05, 4.69) is 0 Å². The summed E-state index contributed by atoms with van der Waals surface area (Å²) >= 11 is 11.9. The van der Waals surface area contributed by atoms with E-state index in [0.717, 1.165) is 11.6 Å². The molecule has 138 valence electrons. The first-order valence-corrected chi connectivity index (χ1v) is 8.50. The molecule has 0 fully saturated rings. The minimum atomic E-state index is -1.01. The summed E-state index contributed by atoms with van der Waals surface area (Å²) in [5.41, 5.74) is 0.829. The highest BCUT2D eigenvalue weighted by atomic mass is 35.5. The maximum atomic E-state index is 12.6. The van der Waals surface area contributed by atoms with Crippen LogP contribution in [0, 0.1) is 0 Å². The van der Waals surface area contributed by atoms with E-state index in [1.807, 2.05) is 13.8 Å². The van der Waals surface area contributed by atoms with Crippen molar-refractivity contribution in [1.29, 1.82) is 0 Å². The van der Waals surface area contributed by atoms with Crippen molar-refractivity contribution in [2.75, 3.05) is 7.11 Å². The molecule has 0 aromatic heterocycles. The van der Waals surface area contributed by atoms with Gasteiger partial charge in [-0.25, -0.2) is 0 Å². The van der Waals surface area contributed by atoms with Crippen LogP contribution in [0.15, 0.2) is 30.0 Å². The lowest BCUT2D eigenvalue weighted by molar-refractivity contribution is -0.173. The van der Waals surface area contributed by atoms with E-state index < -0.39 is 5.79 Å². The van der Waals surface area contributed by atoms with Crippen LogP contribution in [-0.4, -0.2) is 36.0 Å². The maximum absolute atomic E-state index is 12.6. The molecule has 0 spiro atoms. The molecule has 0 aliphatic heterocycles. The molecule has 0 aliphatic rings. The van der Waals surface area contributed by atoms with Gasteiger partial charge < -0.3 is 14.4 Å². The fourth-order valence-corrected chi connectivity index (χ4v) is 2.29. The van der Waals surface area contributed by atoms with E-state index in [1.54, 1.807) is 36.9 Å². The maximum Gasteiger partial charge on any atom is 0.250 e. The van der Waals surface area contributed by atoms with Gasteiger partial charge in [0.25, 0.3) is 5.91 Å². The second-order valence-corrected chi connectivity index (χ2v) is 6.99. The van der Waals surface area contributed by atoms with Gasteiger partial charge in [-0.15, -0.1) is 0 Å². The second-order valence-electron chi connectivity index (χ2n) is 6.18. The molecule has 0 atom stereocenters. The molecular weight excluding hydrogens is 365 g/mol. The minimum absolute atomic E-state index is 0.0958. The van der Waals surface area contributed by atoms with Gasteiger partial charge in [0.2, 0.25) is 5.79 Å². The number of rotatable bonds is 8. The summed E-state index contributed by atoms with van der Waals surface area (Å²) in [4.78, 5) is 25.4. The number of hydrogen-bond donors (Lipinski definition) is 0. The van der Waals surface area contributed by atoms with Crippen LogP contribution in [0.3, 0.4) is 0 Å². The molecule has 1 aromatic rings. The topological polar surface area (TPSA) is 55.8 Å². The van der Waals surface area contributed by atoms with Crippen molar-refractivity contribution in [1.82, 2.24) is 4.90 Å². The van der Waals surface area contributed by atoms with Crippen LogP contribution in [0.5, 0.6) is 0 Å². The lowest BCUT2D eigenvalue weighted by atomic mass is 10.2. The average Bonchev–Trinajstić information content (AvgIpc) is 2.54. The van der Waals surface area contributed by atoms with Crippen molar-refractivity contribution in [3.8, 4) is 0 Å². The third-order valence-electron chi connectivity index (χ3n) is 3.48. The van der Waals surface area contributed by atoms with Gasteiger partial charge in [0.15, 0.2) is 12.0 Å². The van der Waals surface area contributed by atoms with Crippen molar-refractivity contribution in [2.45, 2.75) is 46.1 Å². The van der Waals surface area contributed by atoms with Crippen molar-refractivity contribution in [2.24, 2.45) is 0 Å². The fourth-order valence-electron chi connectivity index (χ4n) is 1.97. The highest BCUT2D eigenvalue weighted by Gasteiger charge is 2.22. The number of aldehydes is 1. The lowest BCUT2D eigenvalue weighted by Crippen LogP contribution is -2.36. The summed E-state index contributed by atoms with van der Waals surface area (Å²) in [5.74, 6) is -1.47. The number of ether oxygens (including phenoxy) is 2. The number of halogens is 2. The molecule has 1 aromatic carbocycles. The Bertz CT molecular complexity index is 656. The van der Waals surface area contributed by atoms with Gasteiger partial charge in [-0.1, -0.05) is 29.3 Å². The number of allylic oxidation sites excluding steroid dienone is 1. The number of hydrogen-bond acceptors (Lipinski definition) is 4. The molecule has 0 saturated carbocycles. The van der Waals surface area contributed by atoms with Crippen LogP contribution in [-0.2, 0) is 25.6 Å². The second kappa shape index (κ2) is 9.22. The van der Waals surface area contributed by atoms with Crippen LogP contribution in [0.4, 0.5) is 0 Å². The molecule has 0 N–H and O–H groups in total.